The Bertz CT molecular complexity index is 784. The molecule has 112 valence electrons. The predicted molar refractivity (Wildman–Crippen MR) is 83.2 cm³/mol. The molecule has 0 aliphatic rings. The second-order valence-electron chi connectivity index (χ2n) is 4.07. The van der Waals surface area contributed by atoms with Gasteiger partial charge in [0.05, 0.1) is 11.9 Å². The average Bonchev–Trinajstić information content (AvgIpc) is 2.52. The molecule has 0 radical (unpaired) electrons. The molecule has 0 saturated heterocycles. The zero-order chi connectivity index (χ0) is 15.9. The van der Waals surface area contributed by atoms with Crippen LogP contribution < -0.4 is 11.0 Å². The predicted octanol–water partition coefficient (Wildman–Crippen LogP) is 1.88. The van der Waals surface area contributed by atoms with Crippen LogP contribution in [0.2, 0.25) is 5.02 Å². The van der Waals surface area contributed by atoms with Crippen LogP contribution in [0.5, 0.6) is 0 Å². The molecule has 0 atom stereocenters. The summed E-state index contributed by atoms with van der Waals surface area (Å²) in [7, 11) is 0. The van der Waals surface area contributed by atoms with E-state index in [-0.39, 0.29) is 10.7 Å². The Labute approximate surface area is 130 Å². The first-order valence-electron chi connectivity index (χ1n) is 6.11. The number of carboxylic acid groups (broad SMARTS) is 1. The van der Waals surface area contributed by atoms with Crippen LogP contribution in [0.15, 0.2) is 58.6 Å². The minimum Gasteiger partial charge on any atom is -0.478 e. The van der Waals surface area contributed by atoms with E-state index < -0.39 is 11.5 Å². The van der Waals surface area contributed by atoms with Crippen molar-refractivity contribution < 1.29 is 9.90 Å². The van der Waals surface area contributed by atoms with Gasteiger partial charge in [0.15, 0.2) is 0 Å². The fourth-order valence-electron chi connectivity index (χ4n) is 1.54. The Hall–Kier alpha value is -2.93. The molecule has 0 bridgehead atoms. The fourth-order valence-corrected chi connectivity index (χ4v) is 1.67. The van der Waals surface area contributed by atoms with E-state index in [1.165, 1.54) is 12.3 Å². The lowest BCUT2D eigenvalue weighted by molar-refractivity contribution is -0.131. The van der Waals surface area contributed by atoms with Crippen LogP contribution in [-0.4, -0.2) is 27.0 Å². The lowest BCUT2D eigenvalue weighted by Crippen LogP contribution is -2.11. The molecule has 8 heteroatoms. The molecule has 0 aliphatic heterocycles. The van der Waals surface area contributed by atoms with E-state index in [1.807, 2.05) is 6.07 Å². The number of H-pyrrole nitrogens is 1. The standard InChI is InChI=1S/C14H11ClN4O3/c15-13-11(8-16-19-14(13)22)18-17-10(6-7-12(20)21)9-4-2-1-3-5-9/h1-8H,(H,20,21)(H2,18,19,22)/b7-6+,17-10-. The summed E-state index contributed by atoms with van der Waals surface area (Å²) < 4.78 is 0. The Morgan fingerprint density at radius 3 is 2.73 bits per heavy atom. The number of halogens is 1. The minimum absolute atomic E-state index is 0.0895. The van der Waals surface area contributed by atoms with Crippen molar-refractivity contribution in [3.05, 3.63) is 69.6 Å². The lowest BCUT2D eigenvalue weighted by Gasteiger charge is -2.04. The lowest BCUT2D eigenvalue weighted by atomic mass is 10.1. The van der Waals surface area contributed by atoms with E-state index in [0.717, 1.165) is 6.08 Å². The number of hydrogen-bond acceptors (Lipinski definition) is 5. The van der Waals surface area contributed by atoms with Crippen molar-refractivity contribution in [2.45, 2.75) is 0 Å². The maximum absolute atomic E-state index is 11.3. The van der Waals surface area contributed by atoms with Crippen LogP contribution >= 0.6 is 11.6 Å². The molecule has 0 amide bonds. The molecule has 0 saturated carbocycles. The number of benzene rings is 1. The van der Waals surface area contributed by atoms with Crippen molar-refractivity contribution in [2.24, 2.45) is 5.10 Å². The molecule has 3 N–H and O–H groups in total. The molecule has 2 rings (SSSR count). The molecule has 1 aromatic heterocycles. The van der Waals surface area contributed by atoms with Gasteiger partial charge >= 0.3 is 5.97 Å². The molecular formula is C14H11ClN4O3. The summed E-state index contributed by atoms with van der Waals surface area (Å²) in [5.74, 6) is -1.10. The SMILES string of the molecule is O=C(O)/C=C/C(=N/Nc1cn[nH]c(=O)c1Cl)c1ccccc1. The van der Waals surface area contributed by atoms with Crippen molar-refractivity contribution in [1.29, 1.82) is 0 Å². The summed E-state index contributed by atoms with van der Waals surface area (Å²) in [6, 6.07) is 8.95. The maximum Gasteiger partial charge on any atom is 0.328 e. The molecule has 1 aromatic carbocycles. The van der Waals surface area contributed by atoms with Gasteiger partial charge in [0.25, 0.3) is 5.56 Å². The Morgan fingerprint density at radius 1 is 1.32 bits per heavy atom. The smallest absolute Gasteiger partial charge is 0.328 e. The van der Waals surface area contributed by atoms with Crippen LogP contribution in [0.4, 0.5) is 5.69 Å². The quantitative estimate of drug-likeness (QED) is 0.443. The third kappa shape index (κ3) is 4.03. The summed E-state index contributed by atoms with van der Waals surface area (Å²) in [5, 5.41) is 18.5. The van der Waals surface area contributed by atoms with Gasteiger partial charge in [0, 0.05) is 11.6 Å². The van der Waals surface area contributed by atoms with Crippen molar-refractivity contribution in [1.82, 2.24) is 10.2 Å². The van der Waals surface area contributed by atoms with Gasteiger partial charge in [-0.3, -0.25) is 10.2 Å². The number of aromatic amines is 1. The number of carbonyl (C=O) groups is 1. The van der Waals surface area contributed by atoms with Crippen molar-refractivity contribution in [3.8, 4) is 0 Å². The third-order valence-corrected chi connectivity index (χ3v) is 2.92. The van der Waals surface area contributed by atoms with Gasteiger partial charge in [-0.2, -0.15) is 10.2 Å². The van der Waals surface area contributed by atoms with Crippen LogP contribution in [0.25, 0.3) is 0 Å². The van der Waals surface area contributed by atoms with Crippen molar-refractivity contribution in [2.75, 3.05) is 5.43 Å². The normalized spacial score (nSPS) is 11.6. The molecule has 0 spiro atoms. The molecule has 0 unspecified atom stereocenters. The summed E-state index contributed by atoms with van der Waals surface area (Å²) in [5.41, 5.74) is 3.32. The van der Waals surface area contributed by atoms with Gasteiger partial charge in [-0.05, 0) is 6.08 Å². The van der Waals surface area contributed by atoms with Gasteiger partial charge in [0.2, 0.25) is 0 Å². The summed E-state index contributed by atoms with van der Waals surface area (Å²) in [4.78, 5) is 22.0. The second kappa shape index (κ2) is 7.19. The molecule has 0 fully saturated rings. The van der Waals surface area contributed by atoms with Crippen LogP contribution in [0.1, 0.15) is 5.56 Å². The van der Waals surface area contributed by atoms with Gasteiger partial charge < -0.3 is 5.11 Å². The molecule has 0 aliphatic carbocycles. The summed E-state index contributed by atoms with van der Waals surface area (Å²) in [6.07, 6.45) is 3.60. The number of aliphatic carboxylic acids is 1. The van der Waals surface area contributed by atoms with Crippen LogP contribution in [0, 0.1) is 0 Å². The molecular weight excluding hydrogens is 308 g/mol. The third-order valence-electron chi connectivity index (χ3n) is 2.55. The second-order valence-corrected chi connectivity index (χ2v) is 4.45. The highest BCUT2D eigenvalue weighted by atomic mass is 35.5. The Kier molecular flexibility index (Phi) is 5.05. The zero-order valence-corrected chi connectivity index (χ0v) is 11.9. The summed E-state index contributed by atoms with van der Waals surface area (Å²) in [6.45, 7) is 0. The Morgan fingerprint density at radius 2 is 2.05 bits per heavy atom. The highest BCUT2D eigenvalue weighted by Gasteiger charge is 2.05. The van der Waals surface area contributed by atoms with E-state index in [9.17, 15) is 9.59 Å². The molecule has 7 nitrogen and oxygen atoms in total. The fraction of sp³-hybridized carbons (Fsp3) is 0. The van der Waals surface area contributed by atoms with E-state index in [1.54, 1.807) is 24.3 Å². The highest BCUT2D eigenvalue weighted by Crippen LogP contribution is 2.14. The molecule has 2 aromatic rings. The van der Waals surface area contributed by atoms with Crippen LogP contribution in [0.3, 0.4) is 0 Å². The van der Waals surface area contributed by atoms with Gasteiger partial charge in [-0.25, -0.2) is 9.89 Å². The largest absolute Gasteiger partial charge is 0.478 e. The average molecular weight is 319 g/mol. The van der Waals surface area contributed by atoms with E-state index in [4.69, 9.17) is 16.7 Å². The summed E-state index contributed by atoms with van der Waals surface area (Å²) >= 11 is 5.82. The van der Waals surface area contributed by atoms with Gasteiger partial charge in [-0.1, -0.05) is 41.9 Å². The number of hydrogen-bond donors (Lipinski definition) is 3. The number of carboxylic acids is 1. The van der Waals surface area contributed by atoms with E-state index in [2.05, 4.69) is 20.7 Å². The van der Waals surface area contributed by atoms with Gasteiger partial charge in [-0.15, -0.1) is 0 Å². The van der Waals surface area contributed by atoms with Gasteiger partial charge in [0.1, 0.15) is 10.7 Å². The maximum atomic E-state index is 11.3. The van der Waals surface area contributed by atoms with E-state index >= 15 is 0 Å². The number of nitrogens with zero attached hydrogens (tertiary/aromatic N) is 2. The Balaban J connectivity index is 2.34. The number of aromatic nitrogens is 2. The first-order valence-corrected chi connectivity index (χ1v) is 6.49. The number of rotatable bonds is 5. The minimum atomic E-state index is -1.10. The number of nitrogens with one attached hydrogen (secondary N) is 2. The van der Waals surface area contributed by atoms with Crippen molar-refractivity contribution >= 4 is 29.0 Å². The highest BCUT2D eigenvalue weighted by molar-refractivity contribution is 6.32. The first kappa shape index (κ1) is 15.5. The molecule has 1 heterocycles. The number of anilines is 1. The molecule has 22 heavy (non-hydrogen) atoms. The zero-order valence-electron chi connectivity index (χ0n) is 11.2. The van der Waals surface area contributed by atoms with E-state index in [0.29, 0.717) is 11.3 Å². The van der Waals surface area contributed by atoms with Crippen LogP contribution in [-0.2, 0) is 4.79 Å². The van der Waals surface area contributed by atoms with Crippen molar-refractivity contribution in [3.63, 3.8) is 0 Å². The monoisotopic (exact) mass is 318 g/mol. The first-order chi connectivity index (χ1) is 10.6. The number of allylic oxidation sites excluding steroid dienone is 1. The topological polar surface area (TPSA) is 107 Å². The number of hydrazone groups is 1.